The number of ether oxygens (including phenoxy) is 2. The van der Waals surface area contributed by atoms with Gasteiger partial charge in [0.1, 0.15) is 11.9 Å². The molecule has 100 valence electrons. The van der Waals surface area contributed by atoms with Gasteiger partial charge in [-0.3, -0.25) is 4.79 Å². The highest BCUT2D eigenvalue weighted by atomic mass is 35.5. The summed E-state index contributed by atoms with van der Waals surface area (Å²) in [5.41, 5.74) is 7.28. The first-order valence-electron chi connectivity index (χ1n) is 5.54. The summed E-state index contributed by atoms with van der Waals surface area (Å²) < 4.78 is 10.4. The van der Waals surface area contributed by atoms with Gasteiger partial charge in [0.2, 0.25) is 0 Å². The van der Waals surface area contributed by atoms with E-state index in [0.717, 1.165) is 23.4 Å². The fourth-order valence-electron chi connectivity index (χ4n) is 1.80. The number of nitrogens with two attached hydrogens (primary N) is 1. The number of hydrogen-bond acceptors (Lipinski definition) is 4. The number of rotatable bonds is 4. The van der Waals surface area contributed by atoms with E-state index < -0.39 is 6.10 Å². The van der Waals surface area contributed by atoms with Crippen LogP contribution < -0.4 is 15.8 Å². The minimum Gasteiger partial charge on any atom is -0.493 e. The van der Waals surface area contributed by atoms with Crippen molar-refractivity contribution < 1.29 is 14.3 Å². The van der Waals surface area contributed by atoms with Crippen LogP contribution in [0.5, 0.6) is 5.75 Å². The SMILES string of the molecule is COC(CN)C(=O)Nc1ccc2c(c1)CCO2.Cl. The third-order valence-electron chi connectivity index (χ3n) is 2.75. The zero-order chi connectivity index (χ0) is 12.3. The van der Waals surface area contributed by atoms with E-state index in [1.807, 2.05) is 18.2 Å². The predicted molar refractivity (Wildman–Crippen MR) is 71.4 cm³/mol. The van der Waals surface area contributed by atoms with E-state index in [1.165, 1.54) is 7.11 Å². The van der Waals surface area contributed by atoms with Crippen LogP contribution in [0.2, 0.25) is 0 Å². The molecule has 0 aromatic heterocycles. The minimum absolute atomic E-state index is 0. The van der Waals surface area contributed by atoms with E-state index in [1.54, 1.807) is 0 Å². The summed E-state index contributed by atoms with van der Waals surface area (Å²) in [6.45, 7) is 0.868. The van der Waals surface area contributed by atoms with Gasteiger partial charge in [0, 0.05) is 25.8 Å². The quantitative estimate of drug-likeness (QED) is 0.856. The van der Waals surface area contributed by atoms with Crippen molar-refractivity contribution in [3.63, 3.8) is 0 Å². The maximum atomic E-state index is 11.7. The van der Waals surface area contributed by atoms with Gasteiger partial charge in [-0.1, -0.05) is 0 Å². The summed E-state index contributed by atoms with van der Waals surface area (Å²) in [6, 6.07) is 5.59. The van der Waals surface area contributed by atoms with Crippen molar-refractivity contribution >= 4 is 24.0 Å². The predicted octanol–water partition coefficient (Wildman–Crippen LogP) is 0.956. The molecule has 0 saturated heterocycles. The Kier molecular flexibility index (Phi) is 5.40. The van der Waals surface area contributed by atoms with Crippen molar-refractivity contribution in [2.24, 2.45) is 5.73 Å². The van der Waals surface area contributed by atoms with Gasteiger partial charge in [-0.25, -0.2) is 0 Å². The van der Waals surface area contributed by atoms with E-state index in [2.05, 4.69) is 5.32 Å². The number of carbonyl (C=O) groups is 1. The maximum absolute atomic E-state index is 11.7. The number of anilines is 1. The second-order valence-corrected chi connectivity index (χ2v) is 3.87. The molecule has 1 heterocycles. The van der Waals surface area contributed by atoms with Crippen LogP contribution in [0.25, 0.3) is 0 Å². The number of nitrogens with one attached hydrogen (secondary N) is 1. The van der Waals surface area contributed by atoms with Gasteiger partial charge >= 0.3 is 0 Å². The van der Waals surface area contributed by atoms with E-state index in [-0.39, 0.29) is 24.9 Å². The third-order valence-corrected chi connectivity index (χ3v) is 2.75. The van der Waals surface area contributed by atoms with Gasteiger partial charge < -0.3 is 20.5 Å². The summed E-state index contributed by atoms with van der Waals surface area (Å²) >= 11 is 0. The standard InChI is InChI=1S/C12H16N2O3.ClH/c1-16-11(7-13)12(15)14-9-2-3-10-8(6-9)4-5-17-10;/h2-3,6,11H,4-5,7,13H2,1H3,(H,14,15);1H. The maximum Gasteiger partial charge on any atom is 0.254 e. The lowest BCUT2D eigenvalue weighted by molar-refractivity contribution is -0.125. The highest BCUT2D eigenvalue weighted by Crippen LogP contribution is 2.27. The third kappa shape index (κ3) is 3.13. The van der Waals surface area contributed by atoms with Crippen LogP contribution in [0, 0.1) is 0 Å². The normalized spacial score (nSPS) is 14.1. The summed E-state index contributed by atoms with van der Waals surface area (Å²) in [5.74, 6) is 0.666. The molecule has 0 spiro atoms. The second kappa shape index (κ2) is 6.58. The first-order chi connectivity index (χ1) is 8.24. The van der Waals surface area contributed by atoms with Gasteiger partial charge in [0.25, 0.3) is 5.91 Å². The van der Waals surface area contributed by atoms with E-state index in [4.69, 9.17) is 15.2 Å². The lowest BCUT2D eigenvalue weighted by Crippen LogP contribution is -2.35. The smallest absolute Gasteiger partial charge is 0.254 e. The van der Waals surface area contributed by atoms with Crippen molar-refractivity contribution in [2.75, 3.05) is 25.6 Å². The number of amides is 1. The Morgan fingerprint density at radius 2 is 2.39 bits per heavy atom. The zero-order valence-corrected chi connectivity index (χ0v) is 11.0. The number of benzene rings is 1. The molecule has 1 unspecified atom stereocenters. The van der Waals surface area contributed by atoms with Crippen molar-refractivity contribution in [2.45, 2.75) is 12.5 Å². The van der Waals surface area contributed by atoms with Crippen LogP contribution >= 0.6 is 12.4 Å². The Bertz CT molecular complexity index is 422. The van der Waals surface area contributed by atoms with Gasteiger partial charge in [0.15, 0.2) is 0 Å². The first-order valence-corrected chi connectivity index (χ1v) is 5.54. The van der Waals surface area contributed by atoms with Crippen LogP contribution in [0.4, 0.5) is 5.69 Å². The Morgan fingerprint density at radius 3 is 3.06 bits per heavy atom. The summed E-state index contributed by atoms with van der Waals surface area (Å²) in [7, 11) is 1.47. The highest BCUT2D eigenvalue weighted by molar-refractivity contribution is 5.94. The summed E-state index contributed by atoms with van der Waals surface area (Å²) in [6.07, 6.45) is 0.267. The van der Waals surface area contributed by atoms with E-state index in [0.29, 0.717) is 6.61 Å². The average molecular weight is 273 g/mol. The fraction of sp³-hybridized carbons (Fsp3) is 0.417. The van der Waals surface area contributed by atoms with Crippen LogP contribution in [0.15, 0.2) is 18.2 Å². The molecular formula is C12H17ClN2O3. The number of hydrogen-bond donors (Lipinski definition) is 2. The summed E-state index contributed by atoms with van der Waals surface area (Å²) in [5, 5.41) is 2.77. The monoisotopic (exact) mass is 272 g/mol. The minimum atomic E-state index is -0.612. The van der Waals surface area contributed by atoms with Crippen LogP contribution in [-0.2, 0) is 16.0 Å². The Labute approximate surface area is 112 Å². The van der Waals surface area contributed by atoms with Gasteiger partial charge in [-0.05, 0) is 23.8 Å². The molecular weight excluding hydrogens is 256 g/mol. The van der Waals surface area contributed by atoms with E-state index in [9.17, 15) is 4.79 Å². The molecule has 0 bridgehead atoms. The molecule has 6 heteroatoms. The van der Waals surface area contributed by atoms with Crippen LogP contribution in [0.3, 0.4) is 0 Å². The summed E-state index contributed by atoms with van der Waals surface area (Å²) in [4.78, 5) is 11.7. The molecule has 5 nitrogen and oxygen atoms in total. The lowest BCUT2D eigenvalue weighted by Gasteiger charge is -2.13. The molecule has 3 N–H and O–H groups in total. The molecule has 1 aromatic carbocycles. The molecule has 1 aliphatic rings. The number of carbonyl (C=O) groups excluding carboxylic acids is 1. The Hall–Kier alpha value is -1.30. The average Bonchev–Trinajstić information content (AvgIpc) is 2.77. The van der Waals surface area contributed by atoms with E-state index >= 15 is 0 Å². The van der Waals surface area contributed by atoms with Gasteiger partial charge in [-0.2, -0.15) is 0 Å². The first kappa shape index (κ1) is 14.8. The van der Waals surface area contributed by atoms with Gasteiger partial charge in [0.05, 0.1) is 6.61 Å². The van der Waals surface area contributed by atoms with Crippen molar-refractivity contribution in [1.29, 1.82) is 0 Å². The molecule has 18 heavy (non-hydrogen) atoms. The topological polar surface area (TPSA) is 73.6 Å². The molecule has 1 amide bonds. The molecule has 0 aliphatic carbocycles. The molecule has 1 aliphatic heterocycles. The number of fused-ring (bicyclic) bond motifs is 1. The van der Waals surface area contributed by atoms with Crippen LogP contribution in [0.1, 0.15) is 5.56 Å². The van der Waals surface area contributed by atoms with Gasteiger partial charge in [-0.15, -0.1) is 12.4 Å². The van der Waals surface area contributed by atoms with Crippen molar-refractivity contribution in [3.05, 3.63) is 23.8 Å². The lowest BCUT2D eigenvalue weighted by atomic mass is 10.1. The molecule has 0 saturated carbocycles. The number of methoxy groups -OCH3 is 1. The Balaban J connectivity index is 0.00000162. The second-order valence-electron chi connectivity index (χ2n) is 3.87. The van der Waals surface area contributed by atoms with Crippen LogP contribution in [-0.4, -0.2) is 32.3 Å². The molecule has 2 rings (SSSR count). The molecule has 1 aromatic rings. The highest BCUT2D eigenvalue weighted by Gasteiger charge is 2.17. The fourth-order valence-corrected chi connectivity index (χ4v) is 1.80. The Morgan fingerprint density at radius 1 is 1.61 bits per heavy atom. The molecule has 0 radical (unpaired) electrons. The molecule has 0 fully saturated rings. The zero-order valence-electron chi connectivity index (χ0n) is 10.1. The van der Waals surface area contributed by atoms with Crippen molar-refractivity contribution in [1.82, 2.24) is 0 Å². The van der Waals surface area contributed by atoms with Crippen molar-refractivity contribution in [3.8, 4) is 5.75 Å². The number of halogens is 1. The largest absolute Gasteiger partial charge is 0.493 e. The molecule has 1 atom stereocenters.